The van der Waals surface area contributed by atoms with Crippen LogP contribution in [0.2, 0.25) is 0 Å². The van der Waals surface area contributed by atoms with Crippen molar-refractivity contribution >= 4 is 0 Å². The normalized spacial score (nSPS) is 20.0. The van der Waals surface area contributed by atoms with E-state index in [-0.39, 0.29) is 5.82 Å². The highest BCUT2D eigenvalue weighted by atomic mass is 19.1. The highest BCUT2D eigenvalue weighted by Crippen LogP contribution is 2.32. The molecule has 1 fully saturated rings. The second-order valence-corrected chi connectivity index (χ2v) is 5.20. The third-order valence-electron chi connectivity index (χ3n) is 3.77. The summed E-state index contributed by atoms with van der Waals surface area (Å²) in [6, 6.07) is 7.25. The van der Waals surface area contributed by atoms with Crippen LogP contribution < -0.4 is 0 Å². The lowest BCUT2D eigenvalue weighted by atomic mass is 10.1. The summed E-state index contributed by atoms with van der Waals surface area (Å²) in [7, 11) is 1.95. The minimum Gasteiger partial charge on any atom is -0.292 e. The Bertz CT molecular complexity index is 547. The molecule has 0 unspecified atom stereocenters. The number of nitrogens with zero attached hydrogens (tertiary/aromatic N) is 3. The zero-order chi connectivity index (χ0) is 13.2. The standard InChI is InChI=1S/C15H18FN3/c1-18-11-13(9-17-18)15-3-2-8-19(15)10-12-4-6-14(16)7-5-12/h4-7,9,11,15H,2-3,8,10H2,1H3/t15-/m0/s1. The first-order valence-electron chi connectivity index (χ1n) is 6.69. The van der Waals surface area contributed by atoms with Gasteiger partial charge in [-0.3, -0.25) is 9.58 Å². The summed E-state index contributed by atoms with van der Waals surface area (Å²) in [5.41, 5.74) is 2.44. The number of aryl methyl sites for hydroxylation is 1. The summed E-state index contributed by atoms with van der Waals surface area (Å²) in [6.07, 6.45) is 6.43. The number of benzene rings is 1. The Hall–Kier alpha value is -1.68. The third-order valence-corrected chi connectivity index (χ3v) is 3.77. The lowest BCUT2D eigenvalue weighted by molar-refractivity contribution is 0.248. The summed E-state index contributed by atoms with van der Waals surface area (Å²) in [5.74, 6) is -0.172. The second kappa shape index (κ2) is 5.13. The Morgan fingerprint density at radius 1 is 1.32 bits per heavy atom. The fourth-order valence-corrected chi connectivity index (χ4v) is 2.83. The van der Waals surface area contributed by atoms with Gasteiger partial charge in [-0.1, -0.05) is 12.1 Å². The molecule has 1 aromatic heterocycles. The van der Waals surface area contributed by atoms with Crippen molar-refractivity contribution in [3.63, 3.8) is 0 Å². The molecule has 4 heteroatoms. The third kappa shape index (κ3) is 2.68. The molecule has 0 spiro atoms. The highest BCUT2D eigenvalue weighted by molar-refractivity contribution is 5.18. The molecule has 1 saturated heterocycles. The lowest BCUT2D eigenvalue weighted by Gasteiger charge is -2.23. The SMILES string of the molecule is Cn1cc([C@@H]2CCCN2Cc2ccc(F)cc2)cn1. The largest absolute Gasteiger partial charge is 0.292 e. The fraction of sp³-hybridized carbons (Fsp3) is 0.400. The van der Waals surface area contributed by atoms with Crippen molar-refractivity contribution in [3.8, 4) is 0 Å². The zero-order valence-corrected chi connectivity index (χ0v) is 11.1. The Kier molecular flexibility index (Phi) is 3.34. The van der Waals surface area contributed by atoms with Crippen LogP contribution in [0.5, 0.6) is 0 Å². The Morgan fingerprint density at radius 3 is 2.79 bits per heavy atom. The van der Waals surface area contributed by atoms with Crippen molar-refractivity contribution in [1.82, 2.24) is 14.7 Å². The van der Waals surface area contributed by atoms with E-state index in [0.717, 1.165) is 18.7 Å². The van der Waals surface area contributed by atoms with E-state index in [1.54, 1.807) is 0 Å². The predicted octanol–water partition coefficient (Wildman–Crippen LogP) is 2.90. The van der Waals surface area contributed by atoms with Gasteiger partial charge < -0.3 is 0 Å². The zero-order valence-electron chi connectivity index (χ0n) is 11.1. The van der Waals surface area contributed by atoms with E-state index < -0.39 is 0 Å². The number of hydrogen-bond donors (Lipinski definition) is 0. The maximum absolute atomic E-state index is 12.9. The minimum absolute atomic E-state index is 0.172. The Labute approximate surface area is 112 Å². The average Bonchev–Trinajstić information content (AvgIpc) is 3.01. The molecule has 2 heterocycles. The number of halogens is 1. The van der Waals surface area contributed by atoms with Gasteiger partial charge in [-0.05, 0) is 37.1 Å². The van der Waals surface area contributed by atoms with Crippen LogP contribution in [-0.2, 0) is 13.6 Å². The summed E-state index contributed by atoms with van der Waals surface area (Å²) < 4.78 is 14.8. The molecule has 3 nitrogen and oxygen atoms in total. The summed E-state index contributed by atoms with van der Waals surface area (Å²) in [4.78, 5) is 2.45. The summed E-state index contributed by atoms with van der Waals surface area (Å²) in [5, 5.41) is 4.25. The Morgan fingerprint density at radius 2 is 2.11 bits per heavy atom. The van der Waals surface area contributed by atoms with Gasteiger partial charge in [0, 0.05) is 31.4 Å². The van der Waals surface area contributed by atoms with Gasteiger partial charge >= 0.3 is 0 Å². The molecule has 0 aliphatic carbocycles. The van der Waals surface area contributed by atoms with E-state index in [2.05, 4.69) is 16.2 Å². The molecule has 1 atom stereocenters. The molecule has 1 aliphatic rings. The topological polar surface area (TPSA) is 21.1 Å². The van der Waals surface area contributed by atoms with Gasteiger partial charge in [0.15, 0.2) is 0 Å². The first-order valence-corrected chi connectivity index (χ1v) is 6.69. The first-order chi connectivity index (χ1) is 9.22. The van der Waals surface area contributed by atoms with Gasteiger partial charge in [0.25, 0.3) is 0 Å². The molecule has 0 bridgehead atoms. The van der Waals surface area contributed by atoms with Crippen molar-refractivity contribution in [2.24, 2.45) is 7.05 Å². The van der Waals surface area contributed by atoms with Crippen LogP contribution >= 0.6 is 0 Å². The summed E-state index contributed by atoms with van der Waals surface area (Å²) >= 11 is 0. The van der Waals surface area contributed by atoms with Gasteiger partial charge in [0.1, 0.15) is 5.82 Å². The number of rotatable bonds is 3. The number of aromatic nitrogens is 2. The van der Waals surface area contributed by atoms with Crippen molar-refractivity contribution < 1.29 is 4.39 Å². The quantitative estimate of drug-likeness (QED) is 0.845. The van der Waals surface area contributed by atoms with Gasteiger partial charge in [0.2, 0.25) is 0 Å². The van der Waals surface area contributed by atoms with Gasteiger partial charge in [0.05, 0.1) is 6.20 Å². The van der Waals surface area contributed by atoms with Crippen LogP contribution in [0.4, 0.5) is 4.39 Å². The molecule has 3 rings (SSSR count). The van der Waals surface area contributed by atoms with E-state index in [0.29, 0.717) is 6.04 Å². The van der Waals surface area contributed by atoms with Crippen LogP contribution in [-0.4, -0.2) is 21.2 Å². The predicted molar refractivity (Wildman–Crippen MR) is 72.0 cm³/mol. The van der Waals surface area contributed by atoms with Gasteiger partial charge in [-0.2, -0.15) is 5.10 Å². The van der Waals surface area contributed by atoms with Crippen LogP contribution in [0.3, 0.4) is 0 Å². The fourth-order valence-electron chi connectivity index (χ4n) is 2.83. The molecular weight excluding hydrogens is 241 g/mol. The molecule has 0 saturated carbocycles. The molecule has 0 radical (unpaired) electrons. The van der Waals surface area contributed by atoms with Crippen LogP contribution in [0.15, 0.2) is 36.7 Å². The van der Waals surface area contributed by atoms with Crippen LogP contribution in [0.25, 0.3) is 0 Å². The average molecular weight is 259 g/mol. The molecule has 1 aliphatic heterocycles. The number of likely N-dealkylation sites (tertiary alicyclic amines) is 1. The van der Waals surface area contributed by atoms with E-state index >= 15 is 0 Å². The molecule has 19 heavy (non-hydrogen) atoms. The molecule has 100 valence electrons. The van der Waals surface area contributed by atoms with Gasteiger partial charge in [-0.15, -0.1) is 0 Å². The second-order valence-electron chi connectivity index (χ2n) is 5.20. The molecule has 0 N–H and O–H groups in total. The van der Waals surface area contributed by atoms with Crippen LogP contribution in [0, 0.1) is 5.82 Å². The van der Waals surface area contributed by atoms with Crippen molar-refractivity contribution in [2.45, 2.75) is 25.4 Å². The minimum atomic E-state index is -0.172. The maximum atomic E-state index is 12.9. The van der Waals surface area contributed by atoms with E-state index in [1.165, 1.54) is 30.5 Å². The van der Waals surface area contributed by atoms with Crippen molar-refractivity contribution in [1.29, 1.82) is 0 Å². The summed E-state index contributed by atoms with van der Waals surface area (Å²) in [6.45, 7) is 1.97. The Balaban J connectivity index is 1.74. The van der Waals surface area contributed by atoms with Crippen molar-refractivity contribution in [3.05, 3.63) is 53.6 Å². The molecule has 2 aromatic rings. The van der Waals surface area contributed by atoms with E-state index in [4.69, 9.17) is 0 Å². The molecule has 0 amide bonds. The first kappa shape index (κ1) is 12.4. The monoisotopic (exact) mass is 259 g/mol. The van der Waals surface area contributed by atoms with Gasteiger partial charge in [-0.25, -0.2) is 4.39 Å². The van der Waals surface area contributed by atoms with E-state index in [9.17, 15) is 4.39 Å². The smallest absolute Gasteiger partial charge is 0.123 e. The lowest BCUT2D eigenvalue weighted by Crippen LogP contribution is -2.22. The van der Waals surface area contributed by atoms with E-state index in [1.807, 2.05) is 30.1 Å². The van der Waals surface area contributed by atoms with Crippen LogP contribution in [0.1, 0.15) is 30.0 Å². The molecule has 1 aromatic carbocycles. The molecular formula is C15H18FN3. The maximum Gasteiger partial charge on any atom is 0.123 e. The van der Waals surface area contributed by atoms with Crippen molar-refractivity contribution in [2.75, 3.05) is 6.54 Å². The number of hydrogen-bond acceptors (Lipinski definition) is 2. The highest BCUT2D eigenvalue weighted by Gasteiger charge is 2.26.